The second-order valence-electron chi connectivity index (χ2n) is 5.53. The molecular formula is C15H25NO2. The summed E-state index contributed by atoms with van der Waals surface area (Å²) >= 11 is 0. The van der Waals surface area contributed by atoms with Crippen LogP contribution in [-0.2, 0) is 6.54 Å². The van der Waals surface area contributed by atoms with Gasteiger partial charge in [0.25, 0.3) is 0 Å². The lowest BCUT2D eigenvalue weighted by Gasteiger charge is -2.25. The predicted octanol–water partition coefficient (Wildman–Crippen LogP) is 2.48. The average molecular weight is 251 g/mol. The number of aliphatic hydroxyl groups is 1. The highest BCUT2D eigenvalue weighted by atomic mass is 16.5. The summed E-state index contributed by atoms with van der Waals surface area (Å²) in [5, 5.41) is 12.6. The normalized spacial score (nSPS) is 11.7. The predicted molar refractivity (Wildman–Crippen MR) is 75.2 cm³/mol. The highest BCUT2D eigenvalue weighted by molar-refractivity contribution is 5.48. The maximum atomic E-state index is 9.25. The number of aryl methyl sites for hydroxylation is 1. The molecule has 0 aliphatic heterocycles. The van der Waals surface area contributed by atoms with Crippen molar-refractivity contribution >= 4 is 0 Å². The molecule has 1 aromatic rings. The molecule has 0 aliphatic carbocycles. The van der Waals surface area contributed by atoms with Crippen LogP contribution < -0.4 is 10.1 Å². The number of rotatable bonds is 5. The van der Waals surface area contributed by atoms with E-state index < -0.39 is 0 Å². The first-order valence-corrected chi connectivity index (χ1v) is 6.32. The standard InChI is InChI=1S/C15H25NO2/c1-10-7-13(8-16-15(4,5)9-17)11(2)12(3)14(10)18-6/h7,16-17H,8-9H2,1-6H3. The van der Waals surface area contributed by atoms with Crippen LogP contribution in [0, 0.1) is 20.8 Å². The number of benzene rings is 1. The van der Waals surface area contributed by atoms with E-state index in [4.69, 9.17) is 4.74 Å². The number of ether oxygens (including phenoxy) is 1. The zero-order valence-electron chi connectivity index (χ0n) is 12.3. The van der Waals surface area contributed by atoms with E-state index in [1.165, 1.54) is 16.7 Å². The van der Waals surface area contributed by atoms with Gasteiger partial charge in [-0.2, -0.15) is 0 Å². The SMILES string of the molecule is COc1c(C)cc(CNC(C)(C)CO)c(C)c1C. The highest BCUT2D eigenvalue weighted by Gasteiger charge is 2.17. The Morgan fingerprint density at radius 1 is 1.22 bits per heavy atom. The first-order valence-electron chi connectivity index (χ1n) is 6.32. The molecule has 0 aliphatic rings. The second-order valence-corrected chi connectivity index (χ2v) is 5.53. The van der Waals surface area contributed by atoms with Gasteiger partial charge < -0.3 is 15.2 Å². The molecule has 0 atom stereocenters. The van der Waals surface area contributed by atoms with Gasteiger partial charge in [0.05, 0.1) is 13.7 Å². The molecule has 0 bridgehead atoms. The lowest BCUT2D eigenvalue weighted by atomic mass is 9.97. The number of methoxy groups -OCH3 is 1. The molecule has 1 aromatic carbocycles. The third-order valence-electron chi connectivity index (χ3n) is 3.49. The molecule has 0 heterocycles. The summed E-state index contributed by atoms with van der Waals surface area (Å²) in [5.74, 6) is 0.970. The van der Waals surface area contributed by atoms with Crippen molar-refractivity contribution in [3.05, 3.63) is 28.3 Å². The fraction of sp³-hybridized carbons (Fsp3) is 0.600. The van der Waals surface area contributed by atoms with Gasteiger partial charge in [-0.15, -0.1) is 0 Å². The van der Waals surface area contributed by atoms with Crippen LogP contribution in [0.3, 0.4) is 0 Å². The van der Waals surface area contributed by atoms with Crippen molar-refractivity contribution in [3.8, 4) is 5.75 Å². The van der Waals surface area contributed by atoms with Crippen molar-refractivity contribution in [2.45, 2.75) is 46.7 Å². The molecule has 2 N–H and O–H groups in total. The molecule has 0 unspecified atom stereocenters. The molecule has 0 fully saturated rings. The minimum atomic E-state index is -0.256. The van der Waals surface area contributed by atoms with E-state index in [2.05, 4.69) is 32.2 Å². The molecular weight excluding hydrogens is 226 g/mol. The van der Waals surface area contributed by atoms with Gasteiger partial charge in [-0.3, -0.25) is 0 Å². The van der Waals surface area contributed by atoms with Crippen molar-refractivity contribution in [1.82, 2.24) is 5.32 Å². The van der Waals surface area contributed by atoms with Crippen LogP contribution in [0.25, 0.3) is 0 Å². The smallest absolute Gasteiger partial charge is 0.124 e. The van der Waals surface area contributed by atoms with Crippen molar-refractivity contribution in [2.75, 3.05) is 13.7 Å². The Morgan fingerprint density at radius 2 is 1.83 bits per heavy atom. The number of hydrogen-bond donors (Lipinski definition) is 2. The molecule has 102 valence electrons. The maximum Gasteiger partial charge on any atom is 0.124 e. The summed E-state index contributed by atoms with van der Waals surface area (Å²) in [5.41, 5.74) is 4.59. The van der Waals surface area contributed by atoms with Crippen molar-refractivity contribution < 1.29 is 9.84 Å². The molecule has 18 heavy (non-hydrogen) atoms. The summed E-state index contributed by atoms with van der Waals surface area (Å²) < 4.78 is 5.42. The molecule has 0 radical (unpaired) electrons. The van der Waals surface area contributed by atoms with E-state index in [-0.39, 0.29) is 12.1 Å². The van der Waals surface area contributed by atoms with Gasteiger partial charge in [-0.1, -0.05) is 6.07 Å². The van der Waals surface area contributed by atoms with Crippen molar-refractivity contribution in [2.24, 2.45) is 0 Å². The fourth-order valence-corrected chi connectivity index (χ4v) is 2.03. The van der Waals surface area contributed by atoms with E-state index in [1.54, 1.807) is 7.11 Å². The number of aliphatic hydroxyl groups excluding tert-OH is 1. The molecule has 1 rings (SSSR count). The third-order valence-corrected chi connectivity index (χ3v) is 3.49. The van der Waals surface area contributed by atoms with Gasteiger partial charge in [-0.05, 0) is 56.9 Å². The fourth-order valence-electron chi connectivity index (χ4n) is 2.03. The zero-order valence-corrected chi connectivity index (χ0v) is 12.3. The first-order chi connectivity index (χ1) is 8.32. The molecule has 0 spiro atoms. The van der Waals surface area contributed by atoms with Crippen LogP contribution in [0.4, 0.5) is 0 Å². The first kappa shape index (κ1) is 15.0. The summed E-state index contributed by atoms with van der Waals surface area (Å²) in [6.45, 7) is 11.1. The Kier molecular flexibility index (Phi) is 4.77. The summed E-state index contributed by atoms with van der Waals surface area (Å²) in [6, 6.07) is 2.15. The molecule has 3 nitrogen and oxygen atoms in total. The Bertz CT molecular complexity index is 425. The maximum absolute atomic E-state index is 9.25. The quantitative estimate of drug-likeness (QED) is 0.845. The van der Waals surface area contributed by atoms with Crippen LogP contribution in [-0.4, -0.2) is 24.4 Å². The Hall–Kier alpha value is -1.06. The van der Waals surface area contributed by atoms with E-state index in [9.17, 15) is 5.11 Å². The van der Waals surface area contributed by atoms with E-state index in [0.717, 1.165) is 17.9 Å². The van der Waals surface area contributed by atoms with Crippen LogP contribution >= 0.6 is 0 Å². The number of hydrogen-bond acceptors (Lipinski definition) is 3. The van der Waals surface area contributed by atoms with Gasteiger partial charge in [-0.25, -0.2) is 0 Å². The van der Waals surface area contributed by atoms with E-state index >= 15 is 0 Å². The largest absolute Gasteiger partial charge is 0.496 e. The van der Waals surface area contributed by atoms with Crippen molar-refractivity contribution in [3.63, 3.8) is 0 Å². The molecule has 3 heteroatoms. The van der Waals surface area contributed by atoms with Gasteiger partial charge in [0.1, 0.15) is 5.75 Å². The Labute approximate surface area is 110 Å². The van der Waals surface area contributed by atoms with Gasteiger partial charge >= 0.3 is 0 Å². The minimum absolute atomic E-state index is 0.125. The topological polar surface area (TPSA) is 41.5 Å². The summed E-state index contributed by atoms with van der Waals surface area (Å²) in [4.78, 5) is 0. The van der Waals surface area contributed by atoms with Crippen LogP contribution in [0.2, 0.25) is 0 Å². The molecule has 0 aromatic heterocycles. The monoisotopic (exact) mass is 251 g/mol. The third kappa shape index (κ3) is 3.24. The lowest BCUT2D eigenvalue weighted by Crippen LogP contribution is -2.42. The summed E-state index contributed by atoms with van der Waals surface area (Å²) in [7, 11) is 1.71. The molecule has 0 amide bonds. The summed E-state index contributed by atoms with van der Waals surface area (Å²) in [6.07, 6.45) is 0. The van der Waals surface area contributed by atoms with Gasteiger partial charge in [0, 0.05) is 12.1 Å². The zero-order chi connectivity index (χ0) is 13.9. The average Bonchev–Trinajstić information content (AvgIpc) is 2.33. The van der Waals surface area contributed by atoms with Crippen LogP contribution in [0.15, 0.2) is 6.07 Å². The second kappa shape index (κ2) is 5.72. The molecule has 0 saturated heterocycles. The molecule has 0 saturated carbocycles. The number of nitrogens with one attached hydrogen (secondary N) is 1. The van der Waals surface area contributed by atoms with Crippen LogP contribution in [0.5, 0.6) is 5.75 Å². The Balaban J connectivity index is 2.98. The van der Waals surface area contributed by atoms with E-state index in [1.807, 2.05) is 13.8 Å². The van der Waals surface area contributed by atoms with E-state index in [0.29, 0.717) is 0 Å². The lowest BCUT2D eigenvalue weighted by molar-refractivity contribution is 0.187. The van der Waals surface area contributed by atoms with Gasteiger partial charge in [0.2, 0.25) is 0 Å². The van der Waals surface area contributed by atoms with Crippen LogP contribution in [0.1, 0.15) is 36.1 Å². The van der Waals surface area contributed by atoms with Crippen molar-refractivity contribution in [1.29, 1.82) is 0 Å². The minimum Gasteiger partial charge on any atom is -0.496 e. The highest BCUT2D eigenvalue weighted by Crippen LogP contribution is 2.28. The van der Waals surface area contributed by atoms with Gasteiger partial charge in [0.15, 0.2) is 0 Å². The Morgan fingerprint density at radius 3 is 2.33 bits per heavy atom.